The van der Waals surface area contributed by atoms with Gasteiger partial charge in [-0.1, -0.05) is 42.5 Å². The zero-order chi connectivity index (χ0) is 35.0. The molecule has 3 heterocycles. The molecule has 2 aliphatic rings. The number of pyridine rings is 1. The number of imide groups is 1. The molecule has 1 aromatic heterocycles. The number of para-hydroxylation sites is 2. The van der Waals surface area contributed by atoms with E-state index in [1.54, 1.807) is 61.5 Å². The summed E-state index contributed by atoms with van der Waals surface area (Å²) in [6.07, 6.45) is -0.498. The van der Waals surface area contributed by atoms with Crippen molar-refractivity contribution >= 4 is 33.5 Å². The van der Waals surface area contributed by atoms with Gasteiger partial charge >= 0.3 is 22.0 Å². The molecule has 6 rings (SSSR count). The monoisotopic (exact) mass is 684 g/mol. The van der Waals surface area contributed by atoms with Crippen LogP contribution in [-0.2, 0) is 20.4 Å². The molecular formula is C35H34N5O8S+. The predicted octanol–water partition coefficient (Wildman–Crippen LogP) is 4.72. The van der Waals surface area contributed by atoms with Crippen LogP contribution in [0, 0.1) is 11.3 Å². The summed E-state index contributed by atoms with van der Waals surface area (Å²) >= 11 is 0. The van der Waals surface area contributed by atoms with Crippen LogP contribution in [0.5, 0.6) is 17.2 Å². The number of benzene rings is 3. The standard InChI is InChI=1S/C35H33N5O8S/c1-4-48-29-14-8-6-12-26(29)35(27-21-38-28-13-7-5-11-25(27)28)33(41)40(34(42)43,22-23(20-36)39(35)32-15-9-10-18-37-32)49(44,45)31-17-16-24(46-2)19-30(31)47-3/h5-19,23,27,38H,4,21-22H2,1-3H3/p+1. The molecule has 0 spiro atoms. The van der Waals surface area contributed by atoms with Crippen LogP contribution < -0.4 is 24.4 Å². The van der Waals surface area contributed by atoms with E-state index in [2.05, 4.69) is 16.4 Å². The molecule has 4 unspecified atom stereocenters. The number of anilines is 2. The maximum Gasteiger partial charge on any atom is 0.537 e. The molecule has 0 radical (unpaired) electrons. The SMILES string of the molecule is CCOc1ccccc1C1(C2CNc3ccccc32)C(=O)[N+](C(=O)O)(S(=O)(=O)c2ccc(OC)cc2OC)CC(C#N)N1c1ccccn1. The highest BCUT2D eigenvalue weighted by Gasteiger charge is 2.75. The number of amides is 2. The minimum absolute atomic E-state index is 0.0819. The van der Waals surface area contributed by atoms with Gasteiger partial charge in [0.1, 0.15) is 29.6 Å². The van der Waals surface area contributed by atoms with Crippen LogP contribution >= 0.6 is 0 Å². The number of nitriles is 1. The number of nitrogens with zero attached hydrogens (tertiary/aromatic N) is 4. The first-order chi connectivity index (χ1) is 23.6. The average Bonchev–Trinajstić information content (AvgIpc) is 3.56. The number of fused-ring (bicyclic) bond motifs is 1. The fraction of sp³-hybridized carbons (Fsp3) is 0.257. The number of nitrogens with one attached hydrogen (secondary N) is 1. The van der Waals surface area contributed by atoms with Gasteiger partial charge in [-0.15, -0.1) is 0 Å². The predicted molar refractivity (Wildman–Crippen MR) is 178 cm³/mol. The van der Waals surface area contributed by atoms with Crippen LogP contribution in [0.2, 0.25) is 0 Å². The van der Waals surface area contributed by atoms with Gasteiger partial charge in [-0.05, 0) is 52.8 Å². The second-order valence-corrected chi connectivity index (χ2v) is 13.4. The van der Waals surface area contributed by atoms with Crippen LogP contribution in [0.4, 0.5) is 16.3 Å². The summed E-state index contributed by atoms with van der Waals surface area (Å²) in [7, 11) is -2.65. The number of carbonyl (C=O) groups excluding carboxylic acids is 1. The number of quaternary nitrogens is 1. The third-order valence-electron chi connectivity index (χ3n) is 9.12. The molecule has 3 aromatic carbocycles. The maximum atomic E-state index is 16.0. The Morgan fingerprint density at radius 1 is 1.06 bits per heavy atom. The molecule has 252 valence electrons. The molecule has 2 N–H and O–H groups in total. The summed E-state index contributed by atoms with van der Waals surface area (Å²) in [5.41, 5.74) is -0.744. The number of carboxylic acid groups (broad SMARTS) is 1. The summed E-state index contributed by atoms with van der Waals surface area (Å²) in [6.45, 7) is 1.04. The van der Waals surface area contributed by atoms with Gasteiger partial charge in [0.15, 0.2) is 16.5 Å². The molecule has 0 bridgehead atoms. The number of sulfonamides is 1. The van der Waals surface area contributed by atoms with Crippen molar-refractivity contribution < 1.29 is 41.2 Å². The molecule has 1 fully saturated rings. The van der Waals surface area contributed by atoms with E-state index in [0.29, 0.717) is 11.3 Å². The number of hydrogen-bond donors (Lipinski definition) is 2. The summed E-state index contributed by atoms with van der Waals surface area (Å²) < 4.78 is 44.8. The minimum atomic E-state index is -5.25. The van der Waals surface area contributed by atoms with Gasteiger partial charge in [-0.3, -0.25) is 0 Å². The zero-order valence-electron chi connectivity index (χ0n) is 26.9. The first-order valence-corrected chi connectivity index (χ1v) is 16.9. The Morgan fingerprint density at radius 2 is 1.80 bits per heavy atom. The molecule has 14 heteroatoms. The van der Waals surface area contributed by atoms with Crippen molar-refractivity contribution in [1.29, 1.82) is 5.26 Å². The highest BCUT2D eigenvalue weighted by Crippen LogP contribution is 2.56. The third-order valence-corrected chi connectivity index (χ3v) is 11.3. The molecule has 2 aliphatic heterocycles. The van der Waals surface area contributed by atoms with E-state index in [-0.39, 0.29) is 41.8 Å². The zero-order valence-corrected chi connectivity index (χ0v) is 27.8. The van der Waals surface area contributed by atoms with E-state index in [4.69, 9.17) is 14.2 Å². The molecule has 49 heavy (non-hydrogen) atoms. The summed E-state index contributed by atoms with van der Waals surface area (Å²) in [5.74, 6) is -1.79. The summed E-state index contributed by atoms with van der Waals surface area (Å²) in [4.78, 5) is 35.3. The van der Waals surface area contributed by atoms with Crippen molar-refractivity contribution in [2.24, 2.45) is 0 Å². The van der Waals surface area contributed by atoms with Crippen LogP contribution in [0.1, 0.15) is 24.0 Å². The number of piperazine rings is 1. The Morgan fingerprint density at radius 3 is 2.47 bits per heavy atom. The first kappa shape index (κ1) is 33.3. The van der Waals surface area contributed by atoms with E-state index >= 15 is 13.2 Å². The van der Waals surface area contributed by atoms with Crippen molar-refractivity contribution in [3.63, 3.8) is 0 Å². The molecule has 13 nitrogen and oxygen atoms in total. The van der Waals surface area contributed by atoms with E-state index in [1.165, 1.54) is 37.4 Å². The number of hydrogen-bond acceptors (Lipinski definition) is 11. The van der Waals surface area contributed by atoms with E-state index in [0.717, 1.165) is 6.07 Å². The fourth-order valence-corrected chi connectivity index (χ4v) is 8.94. The van der Waals surface area contributed by atoms with Crippen LogP contribution in [0.15, 0.2) is 96.0 Å². The van der Waals surface area contributed by atoms with Crippen molar-refractivity contribution in [3.05, 3.63) is 102 Å². The number of ether oxygens (including phenoxy) is 3. The second kappa shape index (κ2) is 12.8. The van der Waals surface area contributed by atoms with Gasteiger partial charge in [0.2, 0.25) is 0 Å². The smallest absolute Gasteiger partial charge is 0.497 e. The molecule has 0 saturated carbocycles. The Labute approximate surface area is 283 Å². The van der Waals surface area contributed by atoms with Gasteiger partial charge in [0, 0.05) is 36.0 Å². The second-order valence-electron chi connectivity index (χ2n) is 11.4. The lowest BCUT2D eigenvalue weighted by Crippen LogP contribution is -2.79. The quantitative estimate of drug-likeness (QED) is 0.233. The highest BCUT2D eigenvalue weighted by atomic mass is 32.2. The molecule has 4 aromatic rings. The topological polar surface area (TPSA) is 168 Å². The number of aromatic nitrogens is 1. The third kappa shape index (κ3) is 4.84. The van der Waals surface area contributed by atoms with Gasteiger partial charge in [0.05, 0.1) is 26.9 Å². The van der Waals surface area contributed by atoms with Crippen molar-refractivity contribution in [2.45, 2.75) is 29.3 Å². The van der Waals surface area contributed by atoms with Gasteiger partial charge in [-0.2, -0.15) is 18.5 Å². The van der Waals surface area contributed by atoms with Crippen LogP contribution in [-0.4, -0.2) is 74.4 Å². The summed E-state index contributed by atoms with van der Waals surface area (Å²) in [5, 5.41) is 25.4. The Bertz CT molecular complexity index is 2070. The van der Waals surface area contributed by atoms with Crippen molar-refractivity contribution in [3.8, 4) is 23.3 Å². The van der Waals surface area contributed by atoms with Gasteiger partial charge in [0.25, 0.3) is 0 Å². The Kier molecular flexibility index (Phi) is 8.66. The number of methoxy groups -OCH3 is 2. The largest absolute Gasteiger partial charge is 0.537 e. The van der Waals surface area contributed by atoms with Crippen LogP contribution in [0.3, 0.4) is 0 Å². The lowest BCUT2D eigenvalue weighted by atomic mass is 9.70. The number of carbonyl (C=O) groups is 2. The molecular weight excluding hydrogens is 650 g/mol. The first-order valence-electron chi connectivity index (χ1n) is 15.4. The van der Waals surface area contributed by atoms with Gasteiger partial charge in [-0.25, -0.2) is 9.78 Å². The molecule has 4 atom stereocenters. The highest BCUT2D eigenvalue weighted by molar-refractivity contribution is 7.86. The van der Waals surface area contributed by atoms with E-state index in [1.807, 2.05) is 12.1 Å². The number of rotatable bonds is 9. The van der Waals surface area contributed by atoms with E-state index in [9.17, 15) is 15.2 Å². The Balaban J connectivity index is 1.79. The van der Waals surface area contributed by atoms with Crippen molar-refractivity contribution in [2.75, 3.05) is 44.1 Å². The molecule has 0 aliphatic carbocycles. The maximum absolute atomic E-state index is 16.0. The summed E-state index contributed by atoms with van der Waals surface area (Å²) in [6, 6.07) is 23.1. The minimum Gasteiger partial charge on any atom is -0.497 e. The van der Waals surface area contributed by atoms with Gasteiger partial charge < -0.3 is 29.5 Å². The lowest BCUT2D eigenvalue weighted by Gasteiger charge is -2.54. The fourth-order valence-electron chi connectivity index (χ4n) is 7.07. The lowest BCUT2D eigenvalue weighted by molar-refractivity contribution is -0.660. The molecule has 2 amide bonds. The van der Waals surface area contributed by atoms with Crippen molar-refractivity contribution in [1.82, 2.24) is 4.98 Å². The Hall–Kier alpha value is -5.65. The van der Waals surface area contributed by atoms with Crippen LogP contribution in [0.25, 0.3) is 0 Å². The average molecular weight is 685 g/mol. The van der Waals surface area contributed by atoms with E-state index < -0.39 is 54.9 Å². The molecule has 1 saturated heterocycles. The normalized spacial score (nSPS) is 23.1.